The van der Waals surface area contributed by atoms with Gasteiger partial charge in [-0.05, 0) is 44.2 Å². The molecule has 0 unspecified atom stereocenters. The maximum Gasteiger partial charge on any atom is 0.200 e. The van der Waals surface area contributed by atoms with E-state index in [1.165, 1.54) is 5.56 Å². The normalized spacial score (nSPS) is 23.4. The van der Waals surface area contributed by atoms with Crippen LogP contribution in [0.2, 0.25) is 0 Å². The van der Waals surface area contributed by atoms with Crippen LogP contribution in [-0.2, 0) is 0 Å². The van der Waals surface area contributed by atoms with Crippen LogP contribution in [0.4, 0.5) is 0 Å². The molecule has 3 aliphatic heterocycles. The van der Waals surface area contributed by atoms with Crippen LogP contribution in [-0.4, -0.2) is 45.5 Å². The van der Waals surface area contributed by atoms with E-state index in [0.29, 0.717) is 6.04 Å². The van der Waals surface area contributed by atoms with Gasteiger partial charge in [0.2, 0.25) is 5.72 Å². The van der Waals surface area contributed by atoms with Gasteiger partial charge in [0.15, 0.2) is 0 Å². The largest absolute Gasteiger partial charge is 0.466 e. The number of halogens is 1. The third kappa shape index (κ3) is 2.94. The van der Waals surface area contributed by atoms with Gasteiger partial charge in [0.25, 0.3) is 0 Å². The van der Waals surface area contributed by atoms with Gasteiger partial charge in [0, 0.05) is 66.4 Å². The highest BCUT2D eigenvalue weighted by atomic mass is 79.9. The molecule has 1 aromatic heterocycles. The number of piperidine rings is 1. The molecule has 0 N–H and O–H groups in total. The van der Waals surface area contributed by atoms with Gasteiger partial charge in [-0.2, -0.15) is 5.10 Å². The van der Waals surface area contributed by atoms with Gasteiger partial charge in [-0.15, -0.1) is 0 Å². The second-order valence-electron chi connectivity index (χ2n) is 8.21. The highest BCUT2D eigenvalue weighted by Crippen LogP contribution is 2.50. The second kappa shape index (κ2) is 6.85. The van der Waals surface area contributed by atoms with Crippen molar-refractivity contribution in [3.05, 3.63) is 58.3 Å². The molecule has 6 heteroatoms. The number of fused-ring (bicyclic) bond motifs is 4. The SMILES string of the molecule is CC(C)N1CCC2(CC1)Oc1ccc(Br)cc1[C@@H]1CC(c3ccncc3)=NN12. The molecule has 1 atom stereocenters. The van der Waals surface area contributed by atoms with E-state index in [1.807, 2.05) is 24.5 Å². The molecule has 1 saturated heterocycles. The topological polar surface area (TPSA) is 41.0 Å². The molecule has 28 heavy (non-hydrogen) atoms. The minimum Gasteiger partial charge on any atom is -0.466 e. The molecule has 1 spiro atoms. The molecular weight excluding hydrogens is 416 g/mol. The average molecular weight is 441 g/mol. The average Bonchev–Trinajstić information content (AvgIpc) is 3.17. The summed E-state index contributed by atoms with van der Waals surface area (Å²) in [6, 6.07) is 11.3. The fourth-order valence-corrected chi connectivity index (χ4v) is 5.07. The summed E-state index contributed by atoms with van der Waals surface area (Å²) < 4.78 is 7.78. The monoisotopic (exact) mass is 440 g/mol. The van der Waals surface area contributed by atoms with Gasteiger partial charge in [-0.1, -0.05) is 15.9 Å². The van der Waals surface area contributed by atoms with Crippen LogP contribution in [0.3, 0.4) is 0 Å². The Kier molecular flexibility index (Phi) is 4.43. The molecule has 4 heterocycles. The molecule has 146 valence electrons. The van der Waals surface area contributed by atoms with Crippen molar-refractivity contribution in [2.75, 3.05) is 13.1 Å². The second-order valence-corrected chi connectivity index (χ2v) is 9.12. The lowest BCUT2D eigenvalue weighted by molar-refractivity contribution is -0.152. The van der Waals surface area contributed by atoms with Crippen molar-refractivity contribution < 1.29 is 4.74 Å². The Morgan fingerprint density at radius 3 is 2.61 bits per heavy atom. The summed E-state index contributed by atoms with van der Waals surface area (Å²) in [5.74, 6) is 1.01. The molecule has 1 aromatic carbocycles. The van der Waals surface area contributed by atoms with E-state index in [4.69, 9.17) is 9.84 Å². The first-order valence-electron chi connectivity index (χ1n) is 10.1. The summed E-state index contributed by atoms with van der Waals surface area (Å²) in [5.41, 5.74) is 3.13. The maximum atomic E-state index is 6.70. The Morgan fingerprint density at radius 1 is 1.14 bits per heavy atom. The predicted molar refractivity (Wildman–Crippen MR) is 113 cm³/mol. The van der Waals surface area contributed by atoms with Crippen molar-refractivity contribution in [3.8, 4) is 5.75 Å². The van der Waals surface area contributed by atoms with Gasteiger partial charge < -0.3 is 9.64 Å². The standard InChI is InChI=1S/C22H25BrN4O/c1-15(2)26-11-7-22(8-12-26)27-20(18-13-17(23)3-4-21(18)28-22)14-19(25-27)16-5-9-24-10-6-16/h3-6,9-10,13,15,20H,7-8,11-12,14H2,1-2H3/t20-/m0/s1. The first kappa shape index (κ1) is 18.1. The first-order chi connectivity index (χ1) is 13.6. The van der Waals surface area contributed by atoms with E-state index in [-0.39, 0.29) is 11.8 Å². The van der Waals surface area contributed by atoms with Crippen LogP contribution >= 0.6 is 15.9 Å². The van der Waals surface area contributed by atoms with Crippen LogP contribution in [0.1, 0.15) is 50.3 Å². The number of aromatic nitrogens is 1. The number of likely N-dealkylation sites (tertiary alicyclic amines) is 1. The first-order valence-corrected chi connectivity index (χ1v) is 10.8. The van der Waals surface area contributed by atoms with Crippen LogP contribution in [0.25, 0.3) is 0 Å². The van der Waals surface area contributed by atoms with Crippen LogP contribution in [0, 0.1) is 0 Å². The smallest absolute Gasteiger partial charge is 0.200 e. The zero-order chi connectivity index (χ0) is 19.3. The lowest BCUT2D eigenvalue weighted by Crippen LogP contribution is -2.59. The van der Waals surface area contributed by atoms with Crippen LogP contribution < -0.4 is 4.74 Å². The van der Waals surface area contributed by atoms with Gasteiger partial charge in [0.05, 0.1) is 11.8 Å². The predicted octanol–water partition coefficient (Wildman–Crippen LogP) is 4.59. The van der Waals surface area contributed by atoms with Crippen molar-refractivity contribution in [1.29, 1.82) is 0 Å². The Balaban J connectivity index is 1.55. The molecule has 0 bridgehead atoms. The molecule has 0 aliphatic carbocycles. The Bertz CT molecular complexity index is 906. The maximum absolute atomic E-state index is 6.70. The summed E-state index contributed by atoms with van der Waals surface area (Å²) in [6.45, 7) is 6.61. The molecular formula is C22H25BrN4O. The molecule has 5 nitrogen and oxygen atoms in total. The third-order valence-corrected chi connectivity index (χ3v) is 6.78. The van der Waals surface area contributed by atoms with Crippen molar-refractivity contribution in [3.63, 3.8) is 0 Å². The molecule has 2 aromatic rings. The quantitative estimate of drug-likeness (QED) is 0.684. The van der Waals surface area contributed by atoms with Crippen molar-refractivity contribution in [1.82, 2.24) is 14.9 Å². The van der Waals surface area contributed by atoms with Crippen LogP contribution in [0.5, 0.6) is 5.75 Å². The summed E-state index contributed by atoms with van der Waals surface area (Å²) >= 11 is 3.63. The summed E-state index contributed by atoms with van der Waals surface area (Å²) in [4.78, 5) is 6.69. The van der Waals surface area contributed by atoms with Crippen LogP contribution in [0.15, 0.2) is 52.3 Å². The Labute approximate surface area is 174 Å². The number of benzene rings is 1. The Hall–Kier alpha value is -1.92. The summed E-state index contributed by atoms with van der Waals surface area (Å²) in [7, 11) is 0. The van der Waals surface area contributed by atoms with Gasteiger partial charge in [0.1, 0.15) is 5.75 Å². The van der Waals surface area contributed by atoms with Crippen molar-refractivity contribution in [2.45, 2.75) is 50.9 Å². The van der Waals surface area contributed by atoms with Crippen molar-refractivity contribution in [2.24, 2.45) is 5.10 Å². The molecule has 0 saturated carbocycles. The van der Waals surface area contributed by atoms with E-state index in [1.54, 1.807) is 0 Å². The van der Waals surface area contributed by atoms with Gasteiger partial charge in [-0.3, -0.25) is 4.98 Å². The zero-order valence-electron chi connectivity index (χ0n) is 16.3. The fraction of sp³-hybridized carbons (Fsp3) is 0.455. The number of hydrazone groups is 1. The van der Waals surface area contributed by atoms with E-state index in [9.17, 15) is 0 Å². The highest BCUT2D eigenvalue weighted by molar-refractivity contribution is 9.10. The molecule has 3 aliphatic rings. The number of hydrogen-bond donors (Lipinski definition) is 0. The van der Waals surface area contributed by atoms with E-state index in [2.05, 4.69) is 62.9 Å². The van der Waals surface area contributed by atoms with Gasteiger partial charge >= 0.3 is 0 Å². The van der Waals surface area contributed by atoms with E-state index in [0.717, 1.165) is 53.8 Å². The summed E-state index contributed by atoms with van der Waals surface area (Å²) in [5, 5.41) is 7.39. The molecule has 0 amide bonds. The Morgan fingerprint density at radius 2 is 1.89 bits per heavy atom. The lowest BCUT2D eigenvalue weighted by atomic mass is 9.90. The number of pyridine rings is 1. The summed E-state index contributed by atoms with van der Waals surface area (Å²) in [6.07, 6.45) is 6.50. The third-order valence-electron chi connectivity index (χ3n) is 6.28. The molecule has 1 fully saturated rings. The minimum absolute atomic E-state index is 0.218. The van der Waals surface area contributed by atoms with E-state index < -0.39 is 0 Å². The highest BCUT2D eigenvalue weighted by Gasteiger charge is 2.52. The minimum atomic E-state index is -0.355. The van der Waals surface area contributed by atoms with E-state index >= 15 is 0 Å². The number of nitrogens with zero attached hydrogens (tertiary/aromatic N) is 4. The van der Waals surface area contributed by atoms with Crippen molar-refractivity contribution >= 4 is 21.6 Å². The number of ether oxygens (including phenoxy) is 1. The number of hydrogen-bond acceptors (Lipinski definition) is 5. The molecule has 0 radical (unpaired) electrons. The zero-order valence-corrected chi connectivity index (χ0v) is 17.9. The fourth-order valence-electron chi connectivity index (χ4n) is 4.69. The lowest BCUT2D eigenvalue weighted by Gasteiger charge is -2.51. The molecule has 5 rings (SSSR count). The van der Waals surface area contributed by atoms with Gasteiger partial charge in [-0.25, -0.2) is 5.01 Å². The number of rotatable bonds is 2.